The summed E-state index contributed by atoms with van der Waals surface area (Å²) in [5.74, 6) is 0.667. The van der Waals surface area contributed by atoms with E-state index in [2.05, 4.69) is 20.9 Å². The summed E-state index contributed by atoms with van der Waals surface area (Å²) in [5, 5.41) is 16.0. The van der Waals surface area contributed by atoms with Crippen molar-refractivity contribution in [2.75, 3.05) is 52.3 Å². The normalized spacial score (nSPS) is 18.6. The number of nitrogens with zero attached hydrogens (tertiary/aromatic N) is 7. The van der Waals surface area contributed by atoms with Crippen LogP contribution in [0.4, 0.5) is 19.0 Å². The lowest BCUT2D eigenvalue weighted by molar-refractivity contribution is 0.0821. The smallest absolute Gasteiger partial charge is 0.319 e. The van der Waals surface area contributed by atoms with Crippen LogP contribution in [0.25, 0.3) is 32.8 Å². The summed E-state index contributed by atoms with van der Waals surface area (Å²) in [5.41, 5.74) is 0.581. The Morgan fingerprint density at radius 2 is 1.96 bits per heavy atom. The van der Waals surface area contributed by atoms with Gasteiger partial charge in [-0.3, -0.25) is 9.48 Å². The molecule has 1 amide bonds. The lowest BCUT2D eigenvalue weighted by Crippen LogP contribution is -2.44. The maximum absolute atomic E-state index is 17.3. The zero-order chi connectivity index (χ0) is 37.8. The molecule has 1 atom stereocenters. The predicted molar refractivity (Wildman–Crippen MR) is 198 cm³/mol. The van der Waals surface area contributed by atoms with Gasteiger partial charge in [-0.2, -0.15) is 15.1 Å². The Hall–Kier alpha value is -5.32. The second-order valence-corrected chi connectivity index (χ2v) is 14.5. The standard InChI is InChI=1S/C39H37ClF3N7O3/c1-6-26-30(42)9-8-22-14-25(51)16-27(32(22)26)33-29(40)17-28-35(34(33)43)44-38(53-21-39(2)20-48(5)13-10-23(39)18-41)45-36(28)49-11-7-12-50-24(19-49)15-31(46-50)37(52)47(3)4/h1,8-9,14-18,51H,7,10-13,19-21H2,2-5H3/b23-18+/t39-/m0/s1. The second kappa shape index (κ2) is 13.9. The summed E-state index contributed by atoms with van der Waals surface area (Å²) >= 11 is 6.91. The van der Waals surface area contributed by atoms with Crippen LogP contribution in [0.5, 0.6) is 11.8 Å². The molecule has 0 spiro atoms. The van der Waals surface area contributed by atoms with Crippen molar-refractivity contribution in [2.45, 2.75) is 32.9 Å². The van der Waals surface area contributed by atoms with Gasteiger partial charge in [0, 0.05) is 62.0 Å². The zero-order valence-electron chi connectivity index (χ0n) is 29.7. The van der Waals surface area contributed by atoms with Crippen LogP contribution < -0.4 is 9.64 Å². The number of phenolic OH excluding ortho intramolecular Hbond substituents is 1. The fraction of sp³-hybridized carbons (Fsp3) is 0.333. The number of terminal acetylenes is 1. The number of piperidine rings is 1. The van der Waals surface area contributed by atoms with Gasteiger partial charge in [0.2, 0.25) is 0 Å². The number of likely N-dealkylation sites (tertiary alicyclic amines) is 1. The first-order valence-corrected chi connectivity index (χ1v) is 17.5. The van der Waals surface area contributed by atoms with Gasteiger partial charge in [-0.1, -0.05) is 30.5 Å². The highest BCUT2D eigenvalue weighted by Gasteiger charge is 2.36. The van der Waals surface area contributed by atoms with Crippen molar-refractivity contribution in [3.63, 3.8) is 0 Å². The monoisotopic (exact) mass is 743 g/mol. The van der Waals surface area contributed by atoms with E-state index in [1.54, 1.807) is 24.8 Å². The van der Waals surface area contributed by atoms with Crippen LogP contribution >= 0.6 is 11.6 Å². The van der Waals surface area contributed by atoms with E-state index < -0.39 is 17.0 Å². The maximum atomic E-state index is 17.3. The highest BCUT2D eigenvalue weighted by molar-refractivity contribution is 6.35. The topological polar surface area (TPSA) is 99.9 Å². The summed E-state index contributed by atoms with van der Waals surface area (Å²) < 4.78 is 54.4. The molecule has 1 saturated heterocycles. The molecule has 0 bridgehead atoms. The van der Waals surface area contributed by atoms with E-state index >= 15 is 8.78 Å². The molecular weight excluding hydrogens is 707 g/mol. The van der Waals surface area contributed by atoms with Gasteiger partial charge >= 0.3 is 6.01 Å². The van der Waals surface area contributed by atoms with Gasteiger partial charge in [0.25, 0.3) is 5.91 Å². The first-order chi connectivity index (χ1) is 25.3. The number of fused-ring (bicyclic) bond motifs is 3. The van der Waals surface area contributed by atoms with Gasteiger partial charge in [0.05, 0.1) is 29.2 Å². The number of aryl methyl sites for hydroxylation is 1. The molecule has 2 aliphatic rings. The molecule has 10 nitrogen and oxygen atoms in total. The number of phenols is 1. The SMILES string of the molecule is C#Cc1c(F)ccc2cc(O)cc(-c3c(Cl)cc4c(N5CCCn6nc(C(=O)N(C)C)cc6C5)nc(OC[C@]5(C)CN(C)CC/C5=C\F)nc4c3F)c12. The summed E-state index contributed by atoms with van der Waals surface area (Å²) in [7, 11) is 5.26. The van der Waals surface area contributed by atoms with E-state index in [1.165, 1.54) is 35.2 Å². The first kappa shape index (κ1) is 36.1. The maximum Gasteiger partial charge on any atom is 0.319 e. The number of hydrogen-bond acceptors (Lipinski definition) is 8. The summed E-state index contributed by atoms with van der Waals surface area (Å²) in [6.45, 7) is 4.38. The van der Waals surface area contributed by atoms with E-state index in [-0.39, 0.29) is 68.8 Å². The van der Waals surface area contributed by atoms with Crippen molar-refractivity contribution in [3.05, 3.63) is 81.9 Å². The number of ether oxygens (including phenoxy) is 1. The van der Waals surface area contributed by atoms with E-state index in [0.29, 0.717) is 67.8 Å². The second-order valence-electron chi connectivity index (χ2n) is 14.1. The van der Waals surface area contributed by atoms with Crippen LogP contribution in [-0.2, 0) is 13.1 Å². The lowest BCUT2D eigenvalue weighted by Gasteiger charge is -2.40. The van der Waals surface area contributed by atoms with E-state index in [0.717, 1.165) is 5.69 Å². The van der Waals surface area contributed by atoms with E-state index in [4.69, 9.17) is 27.7 Å². The molecule has 1 N–H and O–H groups in total. The largest absolute Gasteiger partial charge is 0.508 e. The van der Waals surface area contributed by atoms with Crippen LogP contribution in [0.1, 0.15) is 41.5 Å². The summed E-state index contributed by atoms with van der Waals surface area (Å²) in [4.78, 5) is 27.6. The van der Waals surface area contributed by atoms with Crippen LogP contribution in [0.2, 0.25) is 5.02 Å². The molecule has 0 radical (unpaired) electrons. The third-order valence-electron chi connectivity index (χ3n) is 10.1. The van der Waals surface area contributed by atoms with Crippen molar-refractivity contribution in [2.24, 2.45) is 5.41 Å². The average Bonchev–Trinajstić information content (AvgIpc) is 3.41. The van der Waals surface area contributed by atoms with Crippen LogP contribution in [0.15, 0.2) is 48.3 Å². The Bertz CT molecular complexity index is 2370. The minimum Gasteiger partial charge on any atom is -0.508 e. The number of rotatable bonds is 6. The van der Waals surface area contributed by atoms with Crippen LogP contribution in [-0.4, -0.2) is 87.9 Å². The number of halogens is 4. The van der Waals surface area contributed by atoms with Crippen molar-refractivity contribution in [1.82, 2.24) is 29.5 Å². The Kier molecular flexibility index (Phi) is 9.46. The number of carbonyl (C=O) groups is 1. The van der Waals surface area contributed by atoms with Crippen LogP contribution in [0.3, 0.4) is 0 Å². The Labute approximate surface area is 309 Å². The number of amides is 1. The average molecular weight is 744 g/mol. The number of aromatic hydroxyl groups is 1. The van der Waals surface area contributed by atoms with Crippen LogP contribution in [0, 0.1) is 29.4 Å². The minimum atomic E-state index is -0.869. The van der Waals surface area contributed by atoms with E-state index in [9.17, 15) is 14.3 Å². The van der Waals surface area contributed by atoms with Gasteiger partial charge in [-0.15, -0.1) is 6.42 Å². The number of benzene rings is 3. The molecule has 7 rings (SSSR count). The Balaban J connectivity index is 1.41. The number of aromatic nitrogens is 4. The molecule has 53 heavy (non-hydrogen) atoms. The molecule has 0 saturated carbocycles. The number of hydrogen-bond donors (Lipinski definition) is 1. The fourth-order valence-corrected chi connectivity index (χ4v) is 7.68. The van der Waals surface area contributed by atoms with Crippen molar-refractivity contribution in [1.29, 1.82) is 0 Å². The molecular formula is C39H37ClF3N7O3. The fourth-order valence-electron chi connectivity index (χ4n) is 7.39. The van der Waals surface area contributed by atoms with Gasteiger partial charge in [0.1, 0.15) is 29.5 Å². The highest BCUT2D eigenvalue weighted by atomic mass is 35.5. The first-order valence-electron chi connectivity index (χ1n) is 17.1. The van der Waals surface area contributed by atoms with Gasteiger partial charge in [0.15, 0.2) is 11.5 Å². The molecule has 2 aliphatic heterocycles. The Morgan fingerprint density at radius 1 is 1.17 bits per heavy atom. The molecule has 5 aromatic rings. The number of carbonyl (C=O) groups excluding carboxylic acids is 1. The van der Waals surface area contributed by atoms with Gasteiger partial charge < -0.3 is 24.5 Å². The summed E-state index contributed by atoms with van der Waals surface area (Å²) in [6.07, 6.45) is 7.48. The minimum absolute atomic E-state index is 0.00485. The molecule has 3 aromatic carbocycles. The van der Waals surface area contributed by atoms with Crippen molar-refractivity contribution in [3.8, 4) is 35.2 Å². The van der Waals surface area contributed by atoms with Crippen molar-refractivity contribution < 1.29 is 27.8 Å². The number of anilines is 1. The summed E-state index contributed by atoms with van der Waals surface area (Å²) in [6, 6.07) is 8.43. The molecule has 1 fully saturated rings. The van der Waals surface area contributed by atoms with Gasteiger partial charge in [-0.25, -0.2) is 13.2 Å². The molecule has 0 unspecified atom stereocenters. The third-order valence-corrected chi connectivity index (χ3v) is 10.4. The molecule has 4 heterocycles. The van der Waals surface area contributed by atoms with E-state index in [1.807, 2.05) is 18.9 Å². The molecule has 274 valence electrons. The molecule has 14 heteroatoms. The Morgan fingerprint density at radius 3 is 2.70 bits per heavy atom. The third kappa shape index (κ3) is 6.51. The quantitative estimate of drug-likeness (QED) is 0.187. The zero-order valence-corrected chi connectivity index (χ0v) is 30.4. The predicted octanol–water partition coefficient (Wildman–Crippen LogP) is 6.95. The van der Waals surface area contributed by atoms with Gasteiger partial charge in [-0.05, 0) is 66.7 Å². The van der Waals surface area contributed by atoms with Crippen molar-refractivity contribution >= 4 is 45.0 Å². The highest BCUT2D eigenvalue weighted by Crippen LogP contribution is 2.44. The molecule has 2 aromatic heterocycles. The lowest BCUT2D eigenvalue weighted by atomic mass is 9.78. The molecule has 0 aliphatic carbocycles.